The van der Waals surface area contributed by atoms with Gasteiger partial charge in [0.1, 0.15) is 5.70 Å². The van der Waals surface area contributed by atoms with E-state index in [-0.39, 0.29) is 5.70 Å². The molecule has 2 aromatic carbocycles. The number of hydrogen-bond acceptors (Lipinski definition) is 4. The predicted molar refractivity (Wildman–Crippen MR) is 82.5 cm³/mol. The van der Waals surface area contributed by atoms with Crippen LogP contribution in [0.1, 0.15) is 10.4 Å². The lowest BCUT2D eigenvalue weighted by molar-refractivity contribution is -0.120. The van der Waals surface area contributed by atoms with Crippen molar-refractivity contribution in [2.24, 2.45) is 0 Å². The highest BCUT2D eigenvalue weighted by atomic mass is 16.2. The Labute approximate surface area is 126 Å². The van der Waals surface area contributed by atoms with Crippen LogP contribution in [0.25, 0.3) is 0 Å². The quantitative estimate of drug-likeness (QED) is 0.694. The number of anilines is 2. The van der Waals surface area contributed by atoms with Crippen molar-refractivity contribution in [1.82, 2.24) is 0 Å². The standard InChI is InChI=1S/C17H12N2O3/c20-11-12-6-4-5-9-14(12)18-15-10-16(21)19(17(15)22)13-7-2-1-3-8-13/h1-11,18H. The zero-order chi connectivity index (χ0) is 15.5. The second-order valence-corrected chi connectivity index (χ2v) is 4.70. The summed E-state index contributed by atoms with van der Waals surface area (Å²) in [4.78, 5) is 36.6. The Bertz CT molecular complexity index is 782. The minimum absolute atomic E-state index is 0.142. The van der Waals surface area contributed by atoms with Crippen molar-refractivity contribution in [2.75, 3.05) is 10.2 Å². The number of para-hydroxylation sites is 2. The molecule has 0 bridgehead atoms. The third kappa shape index (κ3) is 2.40. The Kier molecular flexibility index (Phi) is 3.53. The molecule has 0 aromatic heterocycles. The van der Waals surface area contributed by atoms with Crippen LogP contribution >= 0.6 is 0 Å². The molecule has 3 rings (SSSR count). The molecule has 1 N–H and O–H groups in total. The van der Waals surface area contributed by atoms with Crippen molar-refractivity contribution < 1.29 is 14.4 Å². The average molecular weight is 292 g/mol. The lowest BCUT2D eigenvalue weighted by Gasteiger charge is -2.15. The van der Waals surface area contributed by atoms with Gasteiger partial charge >= 0.3 is 0 Å². The third-order valence-electron chi connectivity index (χ3n) is 3.29. The van der Waals surface area contributed by atoms with Gasteiger partial charge in [-0.1, -0.05) is 30.3 Å². The topological polar surface area (TPSA) is 66.5 Å². The van der Waals surface area contributed by atoms with Gasteiger partial charge in [0.25, 0.3) is 11.8 Å². The van der Waals surface area contributed by atoms with Crippen molar-refractivity contribution in [3.05, 3.63) is 71.9 Å². The van der Waals surface area contributed by atoms with Gasteiger partial charge in [0, 0.05) is 17.3 Å². The van der Waals surface area contributed by atoms with Crippen LogP contribution in [0, 0.1) is 0 Å². The molecule has 0 atom stereocenters. The summed E-state index contributed by atoms with van der Waals surface area (Å²) in [6.07, 6.45) is 1.93. The number of carbonyl (C=O) groups excluding carboxylic acids is 3. The number of amides is 2. The van der Waals surface area contributed by atoms with E-state index >= 15 is 0 Å². The van der Waals surface area contributed by atoms with Gasteiger partial charge in [-0.25, -0.2) is 4.90 Å². The zero-order valence-electron chi connectivity index (χ0n) is 11.5. The molecule has 2 aromatic rings. The first-order valence-corrected chi connectivity index (χ1v) is 6.67. The molecule has 1 aliphatic rings. The van der Waals surface area contributed by atoms with E-state index in [4.69, 9.17) is 0 Å². The summed E-state index contributed by atoms with van der Waals surface area (Å²) in [5.41, 5.74) is 1.55. The molecular formula is C17H12N2O3. The number of rotatable bonds is 4. The Balaban J connectivity index is 1.88. The van der Waals surface area contributed by atoms with Crippen LogP contribution in [0.3, 0.4) is 0 Å². The fraction of sp³-hybridized carbons (Fsp3) is 0. The lowest BCUT2D eigenvalue weighted by atomic mass is 10.2. The molecule has 0 fully saturated rings. The first-order valence-electron chi connectivity index (χ1n) is 6.67. The SMILES string of the molecule is O=Cc1ccccc1NC1=CC(=O)N(c2ccccc2)C1=O. The number of carbonyl (C=O) groups is 3. The van der Waals surface area contributed by atoms with Crippen molar-refractivity contribution in [3.63, 3.8) is 0 Å². The van der Waals surface area contributed by atoms with Gasteiger partial charge in [0.05, 0.1) is 5.69 Å². The molecule has 1 heterocycles. The van der Waals surface area contributed by atoms with Crippen molar-refractivity contribution in [2.45, 2.75) is 0 Å². The minimum atomic E-state index is -0.447. The van der Waals surface area contributed by atoms with Crippen LogP contribution < -0.4 is 10.2 Å². The molecule has 0 aliphatic carbocycles. The Morgan fingerprint density at radius 2 is 1.59 bits per heavy atom. The van der Waals surface area contributed by atoms with E-state index < -0.39 is 11.8 Å². The smallest absolute Gasteiger partial charge is 0.281 e. The molecule has 22 heavy (non-hydrogen) atoms. The normalized spacial score (nSPS) is 14.0. The van der Waals surface area contributed by atoms with Crippen molar-refractivity contribution in [1.29, 1.82) is 0 Å². The summed E-state index contributed by atoms with van der Waals surface area (Å²) >= 11 is 0. The minimum Gasteiger partial charge on any atom is -0.350 e. The number of nitrogens with one attached hydrogen (secondary N) is 1. The third-order valence-corrected chi connectivity index (χ3v) is 3.29. The van der Waals surface area contributed by atoms with Gasteiger partial charge in [-0.05, 0) is 24.3 Å². The van der Waals surface area contributed by atoms with Crippen molar-refractivity contribution in [3.8, 4) is 0 Å². The van der Waals surface area contributed by atoms with Gasteiger partial charge in [-0.3, -0.25) is 14.4 Å². The summed E-state index contributed by atoms with van der Waals surface area (Å²) in [6.45, 7) is 0. The van der Waals surface area contributed by atoms with Crippen LogP contribution in [0.4, 0.5) is 11.4 Å². The van der Waals surface area contributed by atoms with Crippen LogP contribution in [-0.4, -0.2) is 18.1 Å². The highest BCUT2D eigenvalue weighted by molar-refractivity contribution is 6.31. The summed E-state index contributed by atoms with van der Waals surface area (Å²) in [5, 5.41) is 2.86. The molecule has 0 spiro atoms. The highest BCUT2D eigenvalue weighted by Gasteiger charge is 2.32. The average Bonchev–Trinajstić information content (AvgIpc) is 2.83. The Morgan fingerprint density at radius 3 is 2.32 bits per heavy atom. The molecule has 5 nitrogen and oxygen atoms in total. The molecule has 5 heteroatoms. The number of aldehydes is 1. The molecule has 0 radical (unpaired) electrons. The molecule has 0 saturated carbocycles. The van der Waals surface area contributed by atoms with Crippen LogP contribution in [0.5, 0.6) is 0 Å². The van der Waals surface area contributed by atoms with E-state index in [2.05, 4.69) is 5.32 Å². The van der Waals surface area contributed by atoms with E-state index in [0.717, 1.165) is 4.90 Å². The Morgan fingerprint density at radius 1 is 0.909 bits per heavy atom. The summed E-state index contributed by atoms with van der Waals surface area (Å²) < 4.78 is 0. The van der Waals surface area contributed by atoms with E-state index in [1.54, 1.807) is 54.6 Å². The summed E-state index contributed by atoms with van der Waals surface area (Å²) in [7, 11) is 0. The maximum Gasteiger partial charge on any atom is 0.281 e. The molecule has 108 valence electrons. The van der Waals surface area contributed by atoms with Crippen molar-refractivity contribution >= 4 is 29.5 Å². The summed E-state index contributed by atoms with van der Waals surface area (Å²) in [6, 6.07) is 15.5. The van der Waals surface area contributed by atoms with Crippen LogP contribution in [-0.2, 0) is 9.59 Å². The second-order valence-electron chi connectivity index (χ2n) is 4.70. The number of hydrogen-bond donors (Lipinski definition) is 1. The monoisotopic (exact) mass is 292 g/mol. The van der Waals surface area contributed by atoms with Gasteiger partial charge in [0.2, 0.25) is 0 Å². The zero-order valence-corrected chi connectivity index (χ0v) is 11.5. The number of benzene rings is 2. The largest absolute Gasteiger partial charge is 0.350 e. The first kappa shape index (κ1) is 13.8. The fourth-order valence-corrected chi connectivity index (χ4v) is 2.24. The number of nitrogens with zero attached hydrogens (tertiary/aromatic N) is 1. The maximum absolute atomic E-state index is 12.4. The Hall–Kier alpha value is -3.21. The molecule has 2 amide bonds. The molecule has 1 aliphatic heterocycles. The van der Waals surface area contributed by atoms with Gasteiger partial charge in [-0.15, -0.1) is 0 Å². The molecule has 0 saturated heterocycles. The predicted octanol–water partition coefficient (Wildman–Crippen LogP) is 2.37. The molecular weight excluding hydrogens is 280 g/mol. The van der Waals surface area contributed by atoms with Gasteiger partial charge in [-0.2, -0.15) is 0 Å². The van der Waals surface area contributed by atoms with E-state index in [1.807, 2.05) is 0 Å². The summed E-state index contributed by atoms with van der Waals surface area (Å²) in [5.74, 6) is -0.862. The first-order chi connectivity index (χ1) is 10.7. The van der Waals surface area contributed by atoms with Gasteiger partial charge < -0.3 is 5.32 Å². The maximum atomic E-state index is 12.4. The van der Waals surface area contributed by atoms with E-state index in [9.17, 15) is 14.4 Å². The van der Waals surface area contributed by atoms with E-state index in [1.165, 1.54) is 6.08 Å². The second kappa shape index (κ2) is 5.65. The fourth-order valence-electron chi connectivity index (χ4n) is 2.24. The lowest BCUT2D eigenvalue weighted by Crippen LogP contribution is -2.31. The molecule has 0 unspecified atom stereocenters. The van der Waals surface area contributed by atoms with Crippen LogP contribution in [0.2, 0.25) is 0 Å². The van der Waals surface area contributed by atoms with Crippen LogP contribution in [0.15, 0.2) is 66.4 Å². The highest BCUT2D eigenvalue weighted by Crippen LogP contribution is 2.24. The van der Waals surface area contributed by atoms with Gasteiger partial charge in [0.15, 0.2) is 6.29 Å². The van der Waals surface area contributed by atoms with E-state index in [0.29, 0.717) is 23.2 Å². The number of imide groups is 1.